The maximum atomic E-state index is 12.4. The summed E-state index contributed by atoms with van der Waals surface area (Å²) in [4.78, 5) is 0. The Morgan fingerprint density at radius 1 is 1.14 bits per heavy atom. The van der Waals surface area contributed by atoms with E-state index < -0.39 is 18.0 Å². The number of benzene rings is 1. The first-order valence-corrected chi connectivity index (χ1v) is 3.67. The SMILES string of the molecule is ON[C@H](c1ccc(F)cc1)C(F)(F)F. The predicted octanol–water partition coefficient (Wildman–Crippen LogP) is 2.41. The molecule has 6 heteroatoms. The van der Waals surface area contributed by atoms with E-state index in [4.69, 9.17) is 5.21 Å². The van der Waals surface area contributed by atoms with Gasteiger partial charge in [0.15, 0.2) is 6.04 Å². The second-order valence-corrected chi connectivity index (χ2v) is 2.66. The normalized spacial score (nSPS) is 14.1. The van der Waals surface area contributed by atoms with Crippen molar-refractivity contribution in [2.75, 3.05) is 0 Å². The molecule has 0 radical (unpaired) electrons. The minimum absolute atomic E-state index is 0.249. The van der Waals surface area contributed by atoms with Crippen LogP contribution in [-0.4, -0.2) is 11.4 Å². The quantitative estimate of drug-likeness (QED) is 0.579. The van der Waals surface area contributed by atoms with Crippen molar-refractivity contribution in [3.05, 3.63) is 35.6 Å². The van der Waals surface area contributed by atoms with Crippen LogP contribution in [-0.2, 0) is 0 Å². The van der Waals surface area contributed by atoms with Gasteiger partial charge in [0.05, 0.1) is 0 Å². The Labute approximate surface area is 77.1 Å². The van der Waals surface area contributed by atoms with Gasteiger partial charge in [0.1, 0.15) is 5.82 Å². The minimum Gasteiger partial charge on any atom is -0.316 e. The lowest BCUT2D eigenvalue weighted by molar-refractivity contribution is -0.178. The summed E-state index contributed by atoms with van der Waals surface area (Å²) < 4.78 is 49.0. The third kappa shape index (κ3) is 2.43. The van der Waals surface area contributed by atoms with Gasteiger partial charge < -0.3 is 5.21 Å². The molecule has 0 aliphatic heterocycles. The molecular weight excluding hydrogens is 202 g/mol. The van der Waals surface area contributed by atoms with Crippen molar-refractivity contribution in [1.29, 1.82) is 0 Å². The smallest absolute Gasteiger partial charge is 0.316 e. The molecule has 1 atom stereocenters. The van der Waals surface area contributed by atoms with E-state index in [0.717, 1.165) is 29.7 Å². The van der Waals surface area contributed by atoms with Gasteiger partial charge in [-0.15, -0.1) is 0 Å². The Hall–Kier alpha value is -1.14. The first-order chi connectivity index (χ1) is 6.45. The third-order valence-electron chi connectivity index (χ3n) is 1.66. The summed E-state index contributed by atoms with van der Waals surface area (Å²) in [5.74, 6) is -0.632. The molecule has 1 aromatic rings. The molecule has 78 valence electrons. The Balaban J connectivity index is 2.96. The summed E-state index contributed by atoms with van der Waals surface area (Å²) in [6, 6.07) is 1.51. The first-order valence-electron chi connectivity index (χ1n) is 3.67. The highest BCUT2D eigenvalue weighted by atomic mass is 19.4. The van der Waals surface area contributed by atoms with E-state index in [9.17, 15) is 17.6 Å². The van der Waals surface area contributed by atoms with Crippen LogP contribution >= 0.6 is 0 Å². The van der Waals surface area contributed by atoms with E-state index in [1.807, 2.05) is 0 Å². The Morgan fingerprint density at radius 2 is 1.64 bits per heavy atom. The molecule has 0 unspecified atom stereocenters. The number of hydrogen-bond donors (Lipinski definition) is 2. The fourth-order valence-electron chi connectivity index (χ4n) is 0.992. The van der Waals surface area contributed by atoms with E-state index >= 15 is 0 Å². The van der Waals surface area contributed by atoms with Crippen molar-refractivity contribution in [2.45, 2.75) is 12.2 Å². The van der Waals surface area contributed by atoms with Crippen molar-refractivity contribution in [1.82, 2.24) is 5.48 Å². The summed E-state index contributed by atoms with van der Waals surface area (Å²) in [5, 5.41) is 8.32. The van der Waals surface area contributed by atoms with Crippen LogP contribution in [0.1, 0.15) is 11.6 Å². The molecule has 0 heterocycles. The molecule has 0 amide bonds. The fraction of sp³-hybridized carbons (Fsp3) is 0.250. The van der Waals surface area contributed by atoms with Crippen LogP contribution in [0.2, 0.25) is 0 Å². The van der Waals surface area contributed by atoms with Gasteiger partial charge in [-0.2, -0.15) is 18.7 Å². The van der Waals surface area contributed by atoms with Crippen molar-refractivity contribution in [3.8, 4) is 0 Å². The third-order valence-corrected chi connectivity index (χ3v) is 1.66. The highest BCUT2D eigenvalue weighted by Gasteiger charge is 2.40. The van der Waals surface area contributed by atoms with Crippen LogP contribution in [0.4, 0.5) is 17.6 Å². The number of hydrogen-bond acceptors (Lipinski definition) is 2. The molecule has 0 aliphatic carbocycles. The molecule has 0 spiro atoms. The highest BCUT2D eigenvalue weighted by molar-refractivity contribution is 5.20. The average molecular weight is 209 g/mol. The van der Waals surface area contributed by atoms with Crippen molar-refractivity contribution in [3.63, 3.8) is 0 Å². The Morgan fingerprint density at radius 3 is 2.00 bits per heavy atom. The molecular formula is C8H7F4NO. The van der Waals surface area contributed by atoms with Gasteiger partial charge in [0, 0.05) is 0 Å². The molecule has 0 aliphatic rings. The first kappa shape index (κ1) is 10.9. The van der Waals surface area contributed by atoms with Crippen LogP contribution in [0.3, 0.4) is 0 Å². The van der Waals surface area contributed by atoms with Crippen LogP contribution in [0.15, 0.2) is 24.3 Å². The topological polar surface area (TPSA) is 32.3 Å². The van der Waals surface area contributed by atoms with E-state index in [-0.39, 0.29) is 5.56 Å². The van der Waals surface area contributed by atoms with Crippen LogP contribution in [0.25, 0.3) is 0 Å². The van der Waals surface area contributed by atoms with Gasteiger partial charge >= 0.3 is 6.18 Å². The maximum Gasteiger partial charge on any atom is 0.410 e. The fourth-order valence-corrected chi connectivity index (χ4v) is 0.992. The zero-order valence-corrected chi connectivity index (χ0v) is 6.85. The molecule has 0 saturated carbocycles. The molecule has 2 N–H and O–H groups in total. The van der Waals surface area contributed by atoms with E-state index in [1.165, 1.54) is 0 Å². The van der Waals surface area contributed by atoms with Gasteiger partial charge in [-0.25, -0.2) is 4.39 Å². The lowest BCUT2D eigenvalue weighted by Gasteiger charge is -2.18. The number of rotatable bonds is 2. The number of hydroxylamine groups is 1. The van der Waals surface area contributed by atoms with Crippen molar-refractivity contribution >= 4 is 0 Å². The van der Waals surface area contributed by atoms with E-state index in [0.29, 0.717) is 0 Å². The second kappa shape index (κ2) is 3.93. The van der Waals surface area contributed by atoms with E-state index in [1.54, 1.807) is 0 Å². The molecule has 14 heavy (non-hydrogen) atoms. The largest absolute Gasteiger partial charge is 0.410 e. The number of nitrogens with one attached hydrogen (secondary N) is 1. The van der Waals surface area contributed by atoms with Crippen LogP contribution < -0.4 is 5.48 Å². The van der Waals surface area contributed by atoms with Crippen LogP contribution in [0, 0.1) is 5.82 Å². The standard InChI is InChI=1S/C8H7F4NO/c9-6-3-1-5(2-4-6)7(13-14)8(10,11)12/h1-4,7,13-14H/t7-/m1/s1. The molecule has 0 bridgehead atoms. The summed E-state index contributed by atoms with van der Waals surface area (Å²) in [6.07, 6.45) is -4.62. The zero-order chi connectivity index (χ0) is 10.8. The summed E-state index contributed by atoms with van der Waals surface area (Å²) >= 11 is 0. The van der Waals surface area contributed by atoms with Crippen LogP contribution in [0.5, 0.6) is 0 Å². The summed E-state index contributed by atoms with van der Waals surface area (Å²) in [5.41, 5.74) is 0.882. The lowest BCUT2D eigenvalue weighted by atomic mass is 10.1. The zero-order valence-electron chi connectivity index (χ0n) is 6.85. The molecule has 2 nitrogen and oxygen atoms in total. The molecule has 1 rings (SSSR count). The second-order valence-electron chi connectivity index (χ2n) is 2.66. The van der Waals surface area contributed by atoms with Gasteiger partial charge in [-0.05, 0) is 17.7 Å². The number of halogens is 4. The lowest BCUT2D eigenvalue weighted by Crippen LogP contribution is -2.31. The van der Waals surface area contributed by atoms with Crippen molar-refractivity contribution in [2.24, 2.45) is 0 Å². The number of alkyl halides is 3. The van der Waals surface area contributed by atoms with Gasteiger partial charge in [0.25, 0.3) is 0 Å². The highest BCUT2D eigenvalue weighted by Crippen LogP contribution is 2.31. The predicted molar refractivity (Wildman–Crippen MR) is 40.1 cm³/mol. The molecule has 0 fully saturated rings. The molecule has 0 aromatic heterocycles. The summed E-state index contributed by atoms with van der Waals surface area (Å²) in [6.45, 7) is 0. The molecule has 1 aromatic carbocycles. The average Bonchev–Trinajstić information content (AvgIpc) is 2.07. The maximum absolute atomic E-state index is 12.4. The van der Waals surface area contributed by atoms with Gasteiger partial charge in [-0.1, -0.05) is 12.1 Å². The van der Waals surface area contributed by atoms with E-state index in [2.05, 4.69) is 0 Å². The molecule has 0 saturated heterocycles. The minimum atomic E-state index is -4.62. The van der Waals surface area contributed by atoms with Gasteiger partial charge in [-0.3, -0.25) is 0 Å². The monoisotopic (exact) mass is 209 g/mol. The van der Waals surface area contributed by atoms with Gasteiger partial charge in [0.2, 0.25) is 0 Å². The Bertz CT molecular complexity index is 295. The Kier molecular flexibility index (Phi) is 3.07. The van der Waals surface area contributed by atoms with Crippen molar-refractivity contribution < 1.29 is 22.8 Å². The summed E-state index contributed by atoms with van der Waals surface area (Å²) in [7, 11) is 0.